The molecule has 1 fully saturated rings. The van der Waals surface area contributed by atoms with E-state index >= 15 is 0 Å². The Morgan fingerprint density at radius 3 is 2.28 bits per heavy atom. The van der Waals surface area contributed by atoms with Crippen molar-refractivity contribution in [1.29, 1.82) is 0 Å². The van der Waals surface area contributed by atoms with E-state index in [1.165, 1.54) is 5.56 Å². The zero-order valence-electron chi connectivity index (χ0n) is 15.8. The molecule has 2 rings (SSSR count). The fraction of sp³-hybridized carbons (Fsp3) is 0.600. The van der Waals surface area contributed by atoms with E-state index in [-0.39, 0.29) is 23.3 Å². The Morgan fingerprint density at radius 2 is 1.76 bits per heavy atom. The molecular formula is C20H30N2O3. The van der Waals surface area contributed by atoms with Crippen molar-refractivity contribution < 1.29 is 14.3 Å². The van der Waals surface area contributed by atoms with Crippen LogP contribution in [0.2, 0.25) is 0 Å². The molecule has 5 heteroatoms. The van der Waals surface area contributed by atoms with Gasteiger partial charge in [0, 0.05) is 31.8 Å². The van der Waals surface area contributed by atoms with Crippen LogP contribution < -0.4 is 5.32 Å². The fourth-order valence-corrected chi connectivity index (χ4v) is 3.01. The maximum Gasteiger partial charge on any atom is 0.251 e. The number of piperidine rings is 1. The van der Waals surface area contributed by atoms with Gasteiger partial charge in [-0.3, -0.25) is 9.59 Å². The van der Waals surface area contributed by atoms with Crippen molar-refractivity contribution in [2.45, 2.75) is 51.5 Å². The van der Waals surface area contributed by atoms with E-state index in [4.69, 9.17) is 4.74 Å². The molecule has 0 bridgehead atoms. The number of methoxy groups -OCH3 is 1. The second-order valence-corrected chi connectivity index (χ2v) is 7.70. The Kier molecular flexibility index (Phi) is 6.59. The third kappa shape index (κ3) is 5.56. The average Bonchev–Trinajstić information content (AvgIpc) is 2.59. The standard InChI is InChI=1S/C20H30N2O3/c1-20(2,3)16-7-5-15(6-8-16)19(24)21-17-9-12-22(13-10-17)18(23)11-14-25-4/h5-8,17H,9-14H2,1-4H3,(H,21,24). The summed E-state index contributed by atoms with van der Waals surface area (Å²) < 4.78 is 4.95. The van der Waals surface area contributed by atoms with E-state index in [0.717, 1.165) is 12.8 Å². The Morgan fingerprint density at radius 1 is 1.16 bits per heavy atom. The number of carbonyl (C=O) groups excluding carboxylic acids is 2. The summed E-state index contributed by atoms with van der Waals surface area (Å²) in [6, 6.07) is 7.94. The first-order valence-electron chi connectivity index (χ1n) is 8.99. The molecule has 2 amide bonds. The Hall–Kier alpha value is -1.88. The van der Waals surface area contributed by atoms with E-state index in [0.29, 0.717) is 31.7 Å². The summed E-state index contributed by atoms with van der Waals surface area (Å²) in [5.41, 5.74) is 1.98. The molecular weight excluding hydrogens is 316 g/mol. The van der Waals surface area contributed by atoms with Gasteiger partial charge in [0.05, 0.1) is 13.0 Å². The number of nitrogens with zero attached hydrogens (tertiary/aromatic N) is 1. The molecule has 0 aromatic heterocycles. The van der Waals surface area contributed by atoms with Crippen LogP contribution >= 0.6 is 0 Å². The summed E-state index contributed by atoms with van der Waals surface area (Å²) in [4.78, 5) is 26.3. The van der Waals surface area contributed by atoms with Crippen LogP contribution in [0.5, 0.6) is 0 Å². The molecule has 1 heterocycles. The van der Waals surface area contributed by atoms with Gasteiger partial charge in [-0.1, -0.05) is 32.9 Å². The predicted molar refractivity (Wildman–Crippen MR) is 98.7 cm³/mol. The number of ether oxygens (including phenoxy) is 1. The highest BCUT2D eigenvalue weighted by Gasteiger charge is 2.24. The molecule has 1 aromatic rings. The van der Waals surface area contributed by atoms with Gasteiger partial charge in [0.25, 0.3) is 5.91 Å². The SMILES string of the molecule is COCCC(=O)N1CCC(NC(=O)c2ccc(C(C)(C)C)cc2)CC1. The second-order valence-electron chi connectivity index (χ2n) is 7.70. The van der Waals surface area contributed by atoms with Crippen LogP contribution in [0.25, 0.3) is 0 Å². The van der Waals surface area contributed by atoms with Gasteiger partial charge in [-0.05, 0) is 36.0 Å². The molecule has 0 saturated carbocycles. The van der Waals surface area contributed by atoms with Gasteiger partial charge in [-0.15, -0.1) is 0 Å². The second kappa shape index (κ2) is 8.48. The van der Waals surface area contributed by atoms with Crippen molar-refractivity contribution in [2.24, 2.45) is 0 Å². The summed E-state index contributed by atoms with van der Waals surface area (Å²) in [5.74, 6) is 0.0917. The molecule has 1 saturated heterocycles. The number of nitrogens with one attached hydrogen (secondary N) is 1. The lowest BCUT2D eigenvalue weighted by Crippen LogP contribution is -2.46. The minimum absolute atomic E-state index is 0.0374. The molecule has 1 aliphatic heterocycles. The Bertz CT molecular complexity index is 582. The lowest BCUT2D eigenvalue weighted by molar-refractivity contribution is -0.133. The molecule has 138 valence electrons. The minimum atomic E-state index is -0.0374. The van der Waals surface area contributed by atoms with Gasteiger partial charge in [0.1, 0.15) is 0 Å². The molecule has 1 aliphatic rings. The summed E-state index contributed by atoms with van der Waals surface area (Å²) in [7, 11) is 1.60. The average molecular weight is 346 g/mol. The quantitative estimate of drug-likeness (QED) is 0.892. The van der Waals surface area contributed by atoms with Crippen LogP contribution in [-0.2, 0) is 14.9 Å². The lowest BCUT2D eigenvalue weighted by atomic mass is 9.86. The molecule has 0 unspecified atom stereocenters. The smallest absolute Gasteiger partial charge is 0.251 e. The zero-order chi connectivity index (χ0) is 18.4. The van der Waals surface area contributed by atoms with Gasteiger partial charge >= 0.3 is 0 Å². The van der Waals surface area contributed by atoms with E-state index in [1.807, 2.05) is 29.2 Å². The lowest BCUT2D eigenvalue weighted by Gasteiger charge is -2.32. The molecule has 0 radical (unpaired) electrons. The Labute approximate surface area is 150 Å². The van der Waals surface area contributed by atoms with Gasteiger partial charge in [-0.25, -0.2) is 0 Å². The minimum Gasteiger partial charge on any atom is -0.384 e. The number of carbonyl (C=O) groups is 2. The molecule has 0 aliphatic carbocycles. The summed E-state index contributed by atoms with van der Waals surface area (Å²) >= 11 is 0. The summed E-state index contributed by atoms with van der Waals surface area (Å²) in [6.07, 6.45) is 2.02. The van der Waals surface area contributed by atoms with E-state index < -0.39 is 0 Å². The first-order valence-corrected chi connectivity index (χ1v) is 8.99. The van der Waals surface area contributed by atoms with E-state index in [1.54, 1.807) is 7.11 Å². The highest BCUT2D eigenvalue weighted by Crippen LogP contribution is 2.22. The number of rotatable bonds is 5. The normalized spacial score (nSPS) is 15.9. The van der Waals surface area contributed by atoms with Crippen LogP contribution in [0.1, 0.15) is 56.0 Å². The van der Waals surface area contributed by atoms with Crippen LogP contribution in [0.4, 0.5) is 0 Å². The highest BCUT2D eigenvalue weighted by atomic mass is 16.5. The van der Waals surface area contributed by atoms with E-state index in [2.05, 4.69) is 26.1 Å². The molecule has 0 spiro atoms. The maximum atomic E-state index is 12.4. The first-order chi connectivity index (χ1) is 11.8. The Balaban J connectivity index is 1.83. The van der Waals surface area contributed by atoms with Gasteiger partial charge < -0.3 is 15.0 Å². The molecule has 1 aromatic carbocycles. The van der Waals surface area contributed by atoms with Crippen molar-refractivity contribution >= 4 is 11.8 Å². The number of hydrogen-bond acceptors (Lipinski definition) is 3. The predicted octanol–water partition coefficient (Wildman–Crippen LogP) is 2.74. The van der Waals surface area contributed by atoms with Crippen LogP contribution in [0.15, 0.2) is 24.3 Å². The van der Waals surface area contributed by atoms with Crippen molar-refractivity contribution in [3.05, 3.63) is 35.4 Å². The molecule has 5 nitrogen and oxygen atoms in total. The van der Waals surface area contributed by atoms with Crippen molar-refractivity contribution in [3.8, 4) is 0 Å². The number of amides is 2. The number of benzene rings is 1. The van der Waals surface area contributed by atoms with Gasteiger partial charge in [0.15, 0.2) is 0 Å². The topological polar surface area (TPSA) is 58.6 Å². The summed E-state index contributed by atoms with van der Waals surface area (Å²) in [5, 5.41) is 3.09. The van der Waals surface area contributed by atoms with Crippen molar-refractivity contribution in [3.63, 3.8) is 0 Å². The number of likely N-dealkylation sites (tertiary alicyclic amines) is 1. The van der Waals surface area contributed by atoms with Gasteiger partial charge in [0.2, 0.25) is 5.91 Å². The third-order valence-corrected chi connectivity index (χ3v) is 4.72. The van der Waals surface area contributed by atoms with E-state index in [9.17, 15) is 9.59 Å². The largest absolute Gasteiger partial charge is 0.384 e. The fourth-order valence-electron chi connectivity index (χ4n) is 3.01. The monoisotopic (exact) mass is 346 g/mol. The third-order valence-electron chi connectivity index (χ3n) is 4.72. The molecule has 1 N–H and O–H groups in total. The molecule has 0 atom stereocenters. The highest BCUT2D eigenvalue weighted by molar-refractivity contribution is 5.94. The number of hydrogen-bond donors (Lipinski definition) is 1. The van der Waals surface area contributed by atoms with Crippen molar-refractivity contribution in [2.75, 3.05) is 26.8 Å². The van der Waals surface area contributed by atoms with Crippen LogP contribution in [0.3, 0.4) is 0 Å². The molecule has 25 heavy (non-hydrogen) atoms. The van der Waals surface area contributed by atoms with Crippen LogP contribution in [0, 0.1) is 0 Å². The zero-order valence-corrected chi connectivity index (χ0v) is 15.8. The van der Waals surface area contributed by atoms with Gasteiger partial charge in [-0.2, -0.15) is 0 Å². The first kappa shape index (κ1) is 19.4. The van der Waals surface area contributed by atoms with Crippen molar-refractivity contribution in [1.82, 2.24) is 10.2 Å². The maximum absolute atomic E-state index is 12.4. The summed E-state index contributed by atoms with van der Waals surface area (Å²) in [6.45, 7) is 8.31. The van der Waals surface area contributed by atoms with Crippen LogP contribution in [-0.4, -0.2) is 49.6 Å².